The number of aromatic amines is 1. The van der Waals surface area contributed by atoms with Gasteiger partial charge in [0.15, 0.2) is 5.75 Å². The first kappa shape index (κ1) is 11.9. The van der Waals surface area contributed by atoms with Crippen molar-refractivity contribution in [2.45, 2.75) is 0 Å². The lowest BCUT2D eigenvalue weighted by molar-refractivity contribution is 0.485. The molecule has 3 nitrogen and oxygen atoms in total. The summed E-state index contributed by atoms with van der Waals surface area (Å²) in [5.74, 6) is 0.792. The minimum absolute atomic E-state index is 0.659. The van der Waals surface area contributed by atoms with E-state index in [1.54, 1.807) is 11.3 Å². The summed E-state index contributed by atoms with van der Waals surface area (Å²) in [5.41, 5.74) is 2.01. The molecule has 2 aromatic heterocycles. The fourth-order valence-electron chi connectivity index (χ4n) is 2.14. The molecule has 0 aliphatic carbocycles. The molecular weight excluding hydrogens is 336 g/mol. The van der Waals surface area contributed by atoms with Crippen molar-refractivity contribution in [1.29, 1.82) is 0 Å². The van der Waals surface area contributed by atoms with Crippen molar-refractivity contribution >= 4 is 48.4 Å². The number of halogens is 1. The third kappa shape index (κ3) is 1.99. The van der Waals surface area contributed by atoms with Gasteiger partial charge in [0.25, 0.3) is 5.19 Å². The minimum Gasteiger partial charge on any atom is -0.429 e. The zero-order chi connectivity index (χ0) is 13.5. The van der Waals surface area contributed by atoms with Crippen LogP contribution in [0.1, 0.15) is 0 Å². The van der Waals surface area contributed by atoms with Gasteiger partial charge in [-0.3, -0.25) is 0 Å². The SMILES string of the molecule is Brc1ccc2[nH]cc(Oc3nc4ccccc4s3)c2c1. The van der Waals surface area contributed by atoms with Gasteiger partial charge in [-0.05, 0) is 30.3 Å². The van der Waals surface area contributed by atoms with Crippen LogP contribution in [0.5, 0.6) is 10.9 Å². The smallest absolute Gasteiger partial charge is 0.279 e. The van der Waals surface area contributed by atoms with Crippen molar-refractivity contribution in [3.05, 3.63) is 53.1 Å². The van der Waals surface area contributed by atoms with Gasteiger partial charge in [-0.25, -0.2) is 4.98 Å². The average molecular weight is 345 g/mol. The Hall–Kier alpha value is -1.85. The molecule has 0 saturated carbocycles. The molecule has 98 valence electrons. The molecule has 2 aromatic carbocycles. The fraction of sp³-hybridized carbons (Fsp3) is 0. The van der Waals surface area contributed by atoms with E-state index in [-0.39, 0.29) is 0 Å². The Morgan fingerprint density at radius 3 is 2.95 bits per heavy atom. The Morgan fingerprint density at radius 2 is 2.05 bits per heavy atom. The molecule has 0 unspecified atom stereocenters. The molecule has 0 spiro atoms. The van der Waals surface area contributed by atoms with Crippen LogP contribution in [-0.2, 0) is 0 Å². The summed E-state index contributed by atoms with van der Waals surface area (Å²) in [6.07, 6.45) is 1.86. The van der Waals surface area contributed by atoms with Gasteiger partial charge in [-0.15, -0.1) is 0 Å². The number of aromatic nitrogens is 2. The monoisotopic (exact) mass is 344 g/mol. The molecule has 5 heteroatoms. The van der Waals surface area contributed by atoms with Crippen LogP contribution in [0.4, 0.5) is 0 Å². The Bertz CT molecular complexity index is 879. The molecule has 4 rings (SSSR count). The quantitative estimate of drug-likeness (QED) is 0.533. The van der Waals surface area contributed by atoms with Crippen LogP contribution in [0.25, 0.3) is 21.1 Å². The van der Waals surface area contributed by atoms with Gasteiger partial charge in [-0.1, -0.05) is 39.4 Å². The lowest BCUT2D eigenvalue weighted by Crippen LogP contribution is -1.80. The second-order valence-electron chi connectivity index (χ2n) is 4.39. The van der Waals surface area contributed by atoms with E-state index in [1.165, 1.54) is 0 Å². The Balaban J connectivity index is 1.78. The number of benzene rings is 2. The number of nitrogens with zero attached hydrogens (tertiary/aromatic N) is 1. The Morgan fingerprint density at radius 1 is 1.15 bits per heavy atom. The summed E-state index contributed by atoms with van der Waals surface area (Å²) in [6.45, 7) is 0. The third-order valence-electron chi connectivity index (χ3n) is 3.08. The highest BCUT2D eigenvalue weighted by Gasteiger charge is 2.10. The molecule has 0 fully saturated rings. The number of hydrogen-bond acceptors (Lipinski definition) is 3. The van der Waals surface area contributed by atoms with E-state index < -0.39 is 0 Å². The highest BCUT2D eigenvalue weighted by molar-refractivity contribution is 9.10. The van der Waals surface area contributed by atoms with Crippen molar-refractivity contribution in [1.82, 2.24) is 9.97 Å². The van der Waals surface area contributed by atoms with Gasteiger partial charge >= 0.3 is 0 Å². The molecular formula is C15H9BrN2OS. The van der Waals surface area contributed by atoms with Gasteiger partial charge < -0.3 is 9.72 Å². The van der Waals surface area contributed by atoms with E-state index >= 15 is 0 Å². The zero-order valence-electron chi connectivity index (χ0n) is 10.3. The number of fused-ring (bicyclic) bond motifs is 2. The van der Waals surface area contributed by atoms with Crippen molar-refractivity contribution in [2.75, 3.05) is 0 Å². The largest absolute Gasteiger partial charge is 0.429 e. The van der Waals surface area contributed by atoms with E-state index in [0.717, 1.165) is 31.3 Å². The van der Waals surface area contributed by atoms with Crippen molar-refractivity contribution in [3.63, 3.8) is 0 Å². The molecule has 20 heavy (non-hydrogen) atoms. The van der Waals surface area contributed by atoms with Crippen LogP contribution in [0.3, 0.4) is 0 Å². The van der Waals surface area contributed by atoms with Crippen LogP contribution >= 0.6 is 27.3 Å². The summed E-state index contributed by atoms with van der Waals surface area (Å²) in [4.78, 5) is 7.69. The number of hydrogen-bond donors (Lipinski definition) is 1. The van der Waals surface area contributed by atoms with Crippen LogP contribution in [0.15, 0.2) is 53.1 Å². The first-order valence-electron chi connectivity index (χ1n) is 6.10. The van der Waals surface area contributed by atoms with E-state index in [1.807, 2.05) is 48.7 Å². The molecule has 0 radical (unpaired) electrons. The van der Waals surface area contributed by atoms with E-state index in [2.05, 4.69) is 25.9 Å². The van der Waals surface area contributed by atoms with Crippen LogP contribution in [0, 0.1) is 0 Å². The molecule has 0 bridgehead atoms. The van der Waals surface area contributed by atoms with Crippen molar-refractivity contribution in [2.24, 2.45) is 0 Å². The maximum absolute atomic E-state index is 5.93. The lowest BCUT2D eigenvalue weighted by atomic mass is 10.2. The number of H-pyrrole nitrogens is 1. The number of ether oxygens (including phenoxy) is 1. The summed E-state index contributed by atoms with van der Waals surface area (Å²) >= 11 is 5.03. The van der Waals surface area contributed by atoms with E-state index in [0.29, 0.717) is 5.19 Å². The molecule has 0 amide bonds. The second-order valence-corrected chi connectivity index (χ2v) is 6.30. The fourth-order valence-corrected chi connectivity index (χ4v) is 3.33. The number of thiazole rings is 1. The molecule has 1 N–H and O–H groups in total. The molecule has 0 aliphatic heterocycles. The summed E-state index contributed by atoms with van der Waals surface area (Å²) < 4.78 is 8.08. The zero-order valence-corrected chi connectivity index (χ0v) is 12.7. The predicted octanol–water partition coefficient (Wildman–Crippen LogP) is 5.33. The highest BCUT2D eigenvalue weighted by Crippen LogP contribution is 2.35. The molecule has 4 aromatic rings. The minimum atomic E-state index is 0.659. The third-order valence-corrected chi connectivity index (χ3v) is 4.48. The maximum Gasteiger partial charge on any atom is 0.279 e. The summed E-state index contributed by atoms with van der Waals surface area (Å²) in [7, 11) is 0. The Labute approximate surface area is 127 Å². The number of para-hydroxylation sites is 1. The normalized spacial score (nSPS) is 11.2. The van der Waals surface area contributed by atoms with Gasteiger partial charge in [0.2, 0.25) is 0 Å². The van der Waals surface area contributed by atoms with Gasteiger partial charge in [0.1, 0.15) is 0 Å². The standard InChI is InChI=1S/C15H9BrN2OS/c16-9-5-6-11-10(7-9)13(8-17-11)19-15-18-12-3-1-2-4-14(12)20-15/h1-8,17H. The lowest BCUT2D eigenvalue weighted by Gasteiger charge is -1.99. The molecule has 0 saturated heterocycles. The highest BCUT2D eigenvalue weighted by atomic mass is 79.9. The first-order valence-corrected chi connectivity index (χ1v) is 7.70. The molecule has 2 heterocycles. The van der Waals surface area contributed by atoms with Crippen LogP contribution < -0.4 is 4.74 Å². The summed E-state index contributed by atoms with van der Waals surface area (Å²) in [5, 5.41) is 1.70. The van der Waals surface area contributed by atoms with E-state index in [4.69, 9.17) is 4.74 Å². The average Bonchev–Trinajstić information content (AvgIpc) is 3.03. The van der Waals surface area contributed by atoms with Crippen LogP contribution in [-0.4, -0.2) is 9.97 Å². The Kier molecular flexibility index (Phi) is 2.75. The number of rotatable bonds is 2. The number of nitrogens with one attached hydrogen (secondary N) is 1. The molecule has 0 atom stereocenters. The van der Waals surface area contributed by atoms with Crippen LogP contribution in [0.2, 0.25) is 0 Å². The second kappa shape index (κ2) is 4.61. The predicted molar refractivity (Wildman–Crippen MR) is 85.7 cm³/mol. The van der Waals surface area contributed by atoms with Crippen molar-refractivity contribution in [3.8, 4) is 10.9 Å². The van der Waals surface area contributed by atoms with Crippen molar-refractivity contribution < 1.29 is 4.74 Å². The maximum atomic E-state index is 5.93. The van der Waals surface area contributed by atoms with Gasteiger partial charge in [0, 0.05) is 21.6 Å². The van der Waals surface area contributed by atoms with Gasteiger partial charge in [-0.2, -0.15) is 0 Å². The first-order chi connectivity index (χ1) is 9.79. The molecule has 0 aliphatic rings. The summed E-state index contributed by atoms with van der Waals surface area (Å²) in [6, 6.07) is 14.1. The van der Waals surface area contributed by atoms with Gasteiger partial charge in [0.05, 0.1) is 10.2 Å². The topological polar surface area (TPSA) is 37.9 Å². The van der Waals surface area contributed by atoms with E-state index in [9.17, 15) is 0 Å².